The van der Waals surface area contributed by atoms with Crippen molar-refractivity contribution < 1.29 is 9.90 Å². The van der Waals surface area contributed by atoms with Gasteiger partial charge in [-0.1, -0.05) is 12.1 Å². The van der Waals surface area contributed by atoms with Crippen LogP contribution in [0.25, 0.3) is 22.3 Å². The van der Waals surface area contributed by atoms with Gasteiger partial charge in [0.25, 0.3) is 5.91 Å². The highest BCUT2D eigenvalue weighted by molar-refractivity contribution is 7.14. The number of carbonyl (C=O) groups is 1. The molecule has 0 saturated carbocycles. The number of primary amides is 1. The number of aromatic nitrogens is 3. The number of nitrogens with zero attached hydrogens (tertiary/aromatic N) is 3. The Kier molecular flexibility index (Phi) is 3.81. The van der Waals surface area contributed by atoms with E-state index in [-0.39, 0.29) is 11.3 Å². The Morgan fingerprint density at radius 2 is 2.04 bits per heavy atom. The number of carbonyl (C=O) groups excluding carboxylic acids is 1. The summed E-state index contributed by atoms with van der Waals surface area (Å²) in [5.41, 5.74) is 8.60. The number of hydrogen-bond donors (Lipinski definition) is 3. The summed E-state index contributed by atoms with van der Waals surface area (Å²) in [4.78, 5) is 25.7. The Bertz CT molecular complexity index is 1080. The number of nitrogens with one attached hydrogen (secondary N) is 1. The number of thiazole rings is 1. The molecule has 0 atom stereocenters. The summed E-state index contributed by atoms with van der Waals surface area (Å²) in [5.74, 6) is -0.133. The molecule has 2 heterocycles. The van der Waals surface area contributed by atoms with Gasteiger partial charge in [-0.3, -0.25) is 9.69 Å². The zero-order valence-corrected chi connectivity index (χ0v) is 14.6. The number of rotatable bonds is 4. The minimum atomic E-state index is -0.681. The van der Waals surface area contributed by atoms with Crippen LogP contribution in [0.3, 0.4) is 0 Å². The normalized spacial score (nSPS) is 11.0. The van der Waals surface area contributed by atoms with Crippen molar-refractivity contribution >= 4 is 39.4 Å². The largest absolute Gasteiger partial charge is 0.507 e. The van der Waals surface area contributed by atoms with E-state index < -0.39 is 5.91 Å². The van der Waals surface area contributed by atoms with Crippen molar-refractivity contribution in [2.75, 3.05) is 11.9 Å². The minimum absolute atomic E-state index is 0.0719. The fraction of sp³-hybridized carbons (Fsp3) is 0.0556. The summed E-state index contributed by atoms with van der Waals surface area (Å²) < 4.78 is 0. The molecular weight excluding hydrogens is 350 g/mol. The van der Waals surface area contributed by atoms with E-state index in [1.165, 1.54) is 23.5 Å². The molecule has 0 spiro atoms. The van der Waals surface area contributed by atoms with Crippen LogP contribution in [0, 0.1) is 0 Å². The predicted octanol–water partition coefficient (Wildman–Crippen LogP) is 3.26. The maximum absolute atomic E-state index is 11.4. The lowest BCUT2D eigenvalue weighted by Gasteiger charge is -2.11. The molecule has 0 unspecified atom stereocenters. The Morgan fingerprint density at radius 1 is 1.23 bits per heavy atom. The van der Waals surface area contributed by atoms with Gasteiger partial charge >= 0.3 is 0 Å². The van der Waals surface area contributed by atoms with E-state index in [1.54, 1.807) is 6.07 Å². The molecule has 2 aromatic heterocycles. The van der Waals surface area contributed by atoms with Crippen molar-refractivity contribution in [3.8, 4) is 17.0 Å². The average Bonchev–Trinajstić information content (AvgIpc) is 3.28. The molecular formula is C18H15N5O2S. The van der Waals surface area contributed by atoms with Gasteiger partial charge in [-0.15, -0.1) is 11.3 Å². The van der Waals surface area contributed by atoms with E-state index in [0.717, 1.165) is 16.2 Å². The molecule has 7 nitrogen and oxygen atoms in total. The van der Waals surface area contributed by atoms with Crippen molar-refractivity contribution in [3.63, 3.8) is 0 Å². The van der Waals surface area contributed by atoms with Gasteiger partial charge in [-0.2, -0.15) is 0 Å². The highest BCUT2D eigenvalue weighted by atomic mass is 32.1. The molecule has 0 radical (unpaired) electrons. The van der Waals surface area contributed by atoms with Crippen LogP contribution in [0.2, 0.25) is 0 Å². The summed E-state index contributed by atoms with van der Waals surface area (Å²) >= 11 is 1.45. The van der Waals surface area contributed by atoms with Crippen LogP contribution in [0.15, 0.2) is 47.8 Å². The maximum atomic E-state index is 11.4. The summed E-state index contributed by atoms with van der Waals surface area (Å²) in [6.07, 6.45) is 0. The summed E-state index contributed by atoms with van der Waals surface area (Å²) in [5, 5.41) is 12.3. The van der Waals surface area contributed by atoms with Crippen molar-refractivity contribution in [3.05, 3.63) is 53.4 Å². The third-order valence-electron chi connectivity index (χ3n) is 4.03. The van der Waals surface area contributed by atoms with Gasteiger partial charge in [0, 0.05) is 18.0 Å². The number of imidazole rings is 1. The number of hydrogen-bond acceptors (Lipinski definition) is 6. The van der Waals surface area contributed by atoms with Gasteiger partial charge in [0.2, 0.25) is 5.95 Å². The van der Waals surface area contributed by atoms with Crippen molar-refractivity contribution in [1.82, 2.24) is 15.0 Å². The number of para-hydroxylation sites is 2. The maximum Gasteiger partial charge on any atom is 0.252 e. The first-order valence-corrected chi connectivity index (χ1v) is 8.68. The molecule has 130 valence electrons. The van der Waals surface area contributed by atoms with Crippen molar-refractivity contribution in [2.45, 2.75) is 0 Å². The third kappa shape index (κ3) is 2.76. The van der Waals surface area contributed by atoms with Gasteiger partial charge in [0.1, 0.15) is 5.75 Å². The molecule has 0 aliphatic carbocycles. The first-order chi connectivity index (χ1) is 12.5. The summed E-state index contributed by atoms with van der Waals surface area (Å²) in [6.45, 7) is 0. The van der Waals surface area contributed by atoms with E-state index >= 15 is 0 Å². The Labute approximate surface area is 152 Å². The lowest BCUT2D eigenvalue weighted by atomic mass is 10.1. The molecule has 1 amide bonds. The molecule has 2 aromatic carbocycles. The van der Waals surface area contributed by atoms with Crippen LogP contribution >= 0.6 is 11.3 Å². The van der Waals surface area contributed by atoms with Crippen LogP contribution in [0.4, 0.5) is 11.1 Å². The highest BCUT2D eigenvalue weighted by Crippen LogP contribution is 2.32. The number of nitrogens with two attached hydrogens (primary N) is 1. The first-order valence-electron chi connectivity index (χ1n) is 7.80. The molecule has 4 aromatic rings. The number of aromatic hydroxyl groups is 1. The van der Waals surface area contributed by atoms with E-state index in [0.29, 0.717) is 17.2 Å². The van der Waals surface area contributed by atoms with Gasteiger partial charge in [0.15, 0.2) is 5.13 Å². The van der Waals surface area contributed by atoms with Gasteiger partial charge in [0.05, 0.1) is 22.3 Å². The van der Waals surface area contributed by atoms with Crippen LogP contribution in [0.5, 0.6) is 5.75 Å². The fourth-order valence-electron chi connectivity index (χ4n) is 2.63. The van der Waals surface area contributed by atoms with Crippen LogP contribution in [-0.4, -0.2) is 33.0 Å². The summed E-state index contributed by atoms with van der Waals surface area (Å²) in [6, 6.07) is 12.5. The standard InChI is InChI=1S/C18H15N5O2S/c1-23(17-20-12-4-2-3-5-13(12)21-17)18-22-14(9-26-18)10-6-7-15(24)11(8-10)16(19)25/h2-9,24H,1H3,(H2,19,25)(H,20,21). The van der Waals surface area contributed by atoms with Gasteiger partial charge in [-0.25, -0.2) is 9.97 Å². The molecule has 0 aliphatic heterocycles. The molecule has 0 bridgehead atoms. The number of benzene rings is 2. The monoisotopic (exact) mass is 365 g/mol. The number of fused-ring (bicyclic) bond motifs is 1. The Balaban J connectivity index is 1.67. The lowest BCUT2D eigenvalue weighted by molar-refractivity contribution is 0.0998. The highest BCUT2D eigenvalue weighted by Gasteiger charge is 2.15. The number of H-pyrrole nitrogens is 1. The second kappa shape index (κ2) is 6.16. The van der Waals surface area contributed by atoms with E-state index in [2.05, 4.69) is 15.0 Å². The topological polar surface area (TPSA) is 108 Å². The first kappa shape index (κ1) is 16.1. The average molecular weight is 365 g/mol. The van der Waals surface area contributed by atoms with Crippen LogP contribution in [0.1, 0.15) is 10.4 Å². The van der Waals surface area contributed by atoms with Gasteiger partial charge < -0.3 is 15.8 Å². The predicted molar refractivity (Wildman–Crippen MR) is 102 cm³/mol. The molecule has 0 aliphatic rings. The number of aromatic amines is 1. The molecule has 0 fully saturated rings. The van der Waals surface area contributed by atoms with Crippen LogP contribution in [-0.2, 0) is 0 Å². The number of amides is 1. The zero-order valence-electron chi connectivity index (χ0n) is 13.8. The Morgan fingerprint density at radius 3 is 2.81 bits per heavy atom. The number of anilines is 2. The smallest absolute Gasteiger partial charge is 0.252 e. The fourth-order valence-corrected chi connectivity index (χ4v) is 3.43. The summed E-state index contributed by atoms with van der Waals surface area (Å²) in [7, 11) is 1.88. The molecule has 0 saturated heterocycles. The molecule has 26 heavy (non-hydrogen) atoms. The van der Waals surface area contributed by atoms with Crippen LogP contribution < -0.4 is 10.6 Å². The van der Waals surface area contributed by atoms with E-state index in [1.807, 2.05) is 41.6 Å². The second-order valence-electron chi connectivity index (χ2n) is 5.75. The number of phenols is 1. The SMILES string of the molecule is CN(c1nc2ccccc2[nH]1)c1nc(-c2ccc(O)c(C(N)=O)c2)cs1. The second-order valence-corrected chi connectivity index (χ2v) is 6.58. The van der Waals surface area contributed by atoms with E-state index in [4.69, 9.17) is 5.73 Å². The third-order valence-corrected chi connectivity index (χ3v) is 4.95. The molecule has 4 N–H and O–H groups in total. The van der Waals surface area contributed by atoms with Gasteiger partial charge in [-0.05, 0) is 30.3 Å². The van der Waals surface area contributed by atoms with Crippen molar-refractivity contribution in [1.29, 1.82) is 0 Å². The zero-order chi connectivity index (χ0) is 18.3. The Hall–Kier alpha value is -3.39. The van der Waals surface area contributed by atoms with E-state index in [9.17, 15) is 9.90 Å². The van der Waals surface area contributed by atoms with Crippen molar-refractivity contribution in [2.24, 2.45) is 5.73 Å². The minimum Gasteiger partial charge on any atom is -0.507 e. The quantitative estimate of drug-likeness (QED) is 0.514. The lowest BCUT2D eigenvalue weighted by Crippen LogP contribution is -2.11. The molecule has 4 rings (SSSR count). The molecule has 8 heteroatoms.